The van der Waals surface area contributed by atoms with Gasteiger partial charge in [-0.1, -0.05) is 0 Å². The Morgan fingerprint density at radius 1 is 1.13 bits per heavy atom. The first kappa shape index (κ1) is 20.4. The van der Waals surface area contributed by atoms with Crippen LogP contribution in [-0.2, 0) is 20.8 Å². The molecule has 0 aliphatic rings. The van der Waals surface area contributed by atoms with Crippen LogP contribution in [-0.4, -0.2) is 54.5 Å². The molecule has 6 heteroatoms. The van der Waals surface area contributed by atoms with Gasteiger partial charge in [0.25, 0.3) is 0 Å². The lowest BCUT2D eigenvalue weighted by molar-refractivity contribution is -0.0563. The average molecular weight is 343 g/mol. The van der Waals surface area contributed by atoms with E-state index in [0.717, 1.165) is 21.9 Å². The second kappa shape index (κ2) is 11.0. The molecule has 1 aromatic rings. The van der Waals surface area contributed by atoms with E-state index in [1.807, 2.05) is 26.8 Å². The van der Waals surface area contributed by atoms with Crippen molar-refractivity contribution in [2.24, 2.45) is 0 Å². The van der Waals surface area contributed by atoms with Crippen LogP contribution >= 0.6 is 11.8 Å². The molecule has 0 saturated carbocycles. The van der Waals surface area contributed by atoms with Crippen LogP contribution in [0, 0.1) is 6.92 Å². The van der Waals surface area contributed by atoms with Gasteiger partial charge in [0.15, 0.2) is 0 Å². The number of aliphatic hydroxyl groups excluding tert-OH is 1. The number of hydrogen-bond acceptors (Lipinski definition) is 6. The normalized spacial score (nSPS) is 15.4. The zero-order chi connectivity index (χ0) is 17.2. The molecule has 0 aromatic carbocycles. The minimum absolute atomic E-state index is 0.0267. The van der Waals surface area contributed by atoms with E-state index in [0.29, 0.717) is 13.2 Å². The number of thioether (sulfide) groups is 1. The monoisotopic (exact) mass is 343 g/mol. The second-order valence-corrected chi connectivity index (χ2v) is 6.75. The highest BCUT2D eigenvalue weighted by Crippen LogP contribution is 2.24. The van der Waals surface area contributed by atoms with E-state index in [-0.39, 0.29) is 24.9 Å². The van der Waals surface area contributed by atoms with Crippen LogP contribution in [0.5, 0.6) is 0 Å². The molecule has 0 aliphatic carbocycles. The van der Waals surface area contributed by atoms with Crippen molar-refractivity contribution < 1.29 is 19.3 Å². The lowest BCUT2D eigenvalue weighted by atomic mass is 10.2. The molecule has 0 aliphatic heterocycles. The molecule has 0 radical (unpaired) electrons. The molecule has 1 rings (SSSR count). The van der Waals surface area contributed by atoms with Crippen LogP contribution in [0.4, 0.5) is 0 Å². The van der Waals surface area contributed by atoms with Gasteiger partial charge in [0.2, 0.25) is 0 Å². The van der Waals surface area contributed by atoms with Gasteiger partial charge in [0, 0.05) is 24.0 Å². The highest BCUT2D eigenvalue weighted by molar-refractivity contribution is 7.99. The van der Waals surface area contributed by atoms with E-state index in [1.54, 1.807) is 25.1 Å². The van der Waals surface area contributed by atoms with Crippen molar-refractivity contribution in [1.82, 2.24) is 4.98 Å². The maximum atomic E-state index is 9.25. The summed E-state index contributed by atoms with van der Waals surface area (Å²) in [5.74, 6) is 0.844. The summed E-state index contributed by atoms with van der Waals surface area (Å²) in [5, 5.41) is 9.25. The van der Waals surface area contributed by atoms with Crippen molar-refractivity contribution in [1.29, 1.82) is 0 Å². The fourth-order valence-electron chi connectivity index (χ4n) is 1.85. The Kier molecular flexibility index (Phi) is 9.74. The quantitative estimate of drug-likeness (QED) is 0.624. The molecule has 1 N–H and O–H groups in total. The van der Waals surface area contributed by atoms with Crippen LogP contribution in [0.3, 0.4) is 0 Å². The zero-order valence-electron chi connectivity index (χ0n) is 14.7. The Morgan fingerprint density at radius 2 is 1.78 bits per heavy atom. The Morgan fingerprint density at radius 3 is 2.43 bits per heavy atom. The minimum atomic E-state index is -0.0267. The summed E-state index contributed by atoms with van der Waals surface area (Å²) in [5.41, 5.74) is 1.77. The van der Waals surface area contributed by atoms with Crippen molar-refractivity contribution in [2.45, 2.75) is 57.5 Å². The first-order chi connectivity index (χ1) is 11.0. The van der Waals surface area contributed by atoms with Gasteiger partial charge in [-0.15, -0.1) is 11.8 Å². The maximum Gasteiger partial charge on any atom is 0.0856 e. The standard InChI is InChI=1S/C17H29NO4S/c1-12(20-5)9-21-13(2)10-22-14(3)11-23-17-6-7-18-16(8-19)15(17)4/h6-7,12-14,19H,8-11H2,1-5H3. The number of aliphatic hydroxyl groups is 1. The summed E-state index contributed by atoms with van der Waals surface area (Å²) >= 11 is 1.72. The minimum Gasteiger partial charge on any atom is -0.390 e. The van der Waals surface area contributed by atoms with Gasteiger partial charge < -0.3 is 19.3 Å². The largest absolute Gasteiger partial charge is 0.390 e. The molecule has 1 heterocycles. The number of pyridine rings is 1. The van der Waals surface area contributed by atoms with E-state index >= 15 is 0 Å². The van der Waals surface area contributed by atoms with Crippen molar-refractivity contribution >= 4 is 11.8 Å². The highest BCUT2D eigenvalue weighted by atomic mass is 32.2. The van der Waals surface area contributed by atoms with Gasteiger partial charge in [-0.3, -0.25) is 4.98 Å². The summed E-state index contributed by atoms with van der Waals surface area (Å²) in [4.78, 5) is 5.30. The SMILES string of the molecule is COC(C)COC(C)COC(C)CSc1ccnc(CO)c1C. The summed E-state index contributed by atoms with van der Waals surface area (Å²) in [6.07, 6.45) is 2.00. The number of methoxy groups -OCH3 is 1. The first-order valence-corrected chi connectivity index (χ1v) is 8.90. The average Bonchev–Trinajstić information content (AvgIpc) is 2.56. The van der Waals surface area contributed by atoms with Crippen molar-refractivity contribution in [3.8, 4) is 0 Å². The van der Waals surface area contributed by atoms with Crippen LogP contribution < -0.4 is 0 Å². The van der Waals surface area contributed by atoms with E-state index < -0.39 is 0 Å². The molecular formula is C17H29NO4S. The van der Waals surface area contributed by atoms with E-state index in [1.165, 1.54) is 0 Å². The second-order valence-electron chi connectivity index (χ2n) is 5.68. The van der Waals surface area contributed by atoms with Crippen LogP contribution in [0.2, 0.25) is 0 Å². The molecule has 0 fully saturated rings. The van der Waals surface area contributed by atoms with Crippen molar-refractivity contribution in [2.75, 3.05) is 26.1 Å². The Bertz CT molecular complexity index is 458. The van der Waals surface area contributed by atoms with E-state index in [2.05, 4.69) is 11.9 Å². The lowest BCUT2D eigenvalue weighted by Crippen LogP contribution is -2.25. The van der Waals surface area contributed by atoms with Gasteiger partial charge in [0.1, 0.15) is 0 Å². The molecule has 0 spiro atoms. The maximum absolute atomic E-state index is 9.25. The van der Waals surface area contributed by atoms with Gasteiger partial charge in [-0.2, -0.15) is 0 Å². The Balaban J connectivity index is 2.30. The van der Waals surface area contributed by atoms with E-state index in [9.17, 15) is 5.11 Å². The number of rotatable bonds is 11. The summed E-state index contributed by atoms with van der Waals surface area (Å²) < 4.78 is 16.7. The van der Waals surface area contributed by atoms with Gasteiger partial charge in [-0.05, 0) is 39.3 Å². The van der Waals surface area contributed by atoms with Crippen LogP contribution in [0.25, 0.3) is 0 Å². The predicted octanol–water partition coefficient (Wildman–Crippen LogP) is 2.82. The molecule has 5 nitrogen and oxygen atoms in total. The fourth-order valence-corrected chi connectivity index (χ4v) is 2.85. The molecule has 132 valence electrons. The third-order valence-corrected chi connectivity index (χ3v) is 4.90. The molecule has 0 bridgehead atoms. The molecule has 0 amide bonds. The van der Waals surface area contributed by atoms with Crippen LogP contribution in [0.1, 0.15) is 32.0 Å². The predicted molar refractivity (Wildman–Crippen MR) is 92.9 cm³/mol. The molecular weight excluding hydrogens is 314 g/mol. The van der Waals surface area contributed by atoms with Gasteiger partial charge in [0.05, 0.1) is 43.8 Å². The number of nitrogens with zero attached hydrogens (tertiary/aromatic N) is 1. The topological polar surface area (TPSA) is 60.8 Å². The highest BCUT2D eigenvalue weighted by Gasteiger charge is 2.11. The third-order valence-electron chi connectivity index (χ3n) is 3.52. The molecule has 0 saturated heterocycles. The first-order valence-electron chi connectivity index (χ1n) is 7.92. The molecule has 1 aromatic heterocycles. The van der Waals surface area contributed by atoms with Crippen LogP contribution in [0.15, 0.2) is 17.2 Å². The van der Waals surface area contributed by atoms with Gasteiger partial charge in [-0.25, -0.2) is 0 Å². The van der Waals surface area contributed by atoms with Crippen molar-refractivity contribution in [3.05, 3.63) is 23.5 Å². The number of ether oxygens (including phenoxy) is 3. The van der Waals surface area contributed by atoms with Gasteiger partial charge >= 0.3 is 0 Å². The summed E-state index contributed by atoms with van der Waals surface area (Å²) in [6.45, 7) is 9.13. The molecule has 3 atom stereocenters. The smallest absolute Gasteiger partial charge is 0.0856 e. The lowest BCUT2D eigenvalue weighted by Gasteiger charge is -2.19. The number of aromatic nitrogens is 1. The summed E-state index contributed by atoms with van der Waals surface area (Å²) in [7, 11) is 1.68. The van der Waals surface area contributed by atoms with Crippen molar-refractivity contribution in [3.63, 3.8) is 0 Å². The Hall–Kier alpha value is -0.660. The zero-order valence-corrected chi connectivity index (χ0v) is 15.6. The molecule has 3 unspecified atom stereocenters. The fraction of sp³-hybridized carbons (Fsp3) is 0.706. The summed E-state index contributed by atoms with van der Waals surface area (Å²) in [6, 6.07) is 1.98. The Labute approximate surface area is 143 Å². The third kappa shape index (κ3) is 7.63. The van der Waals surface area contributed by atoms with E-state index in [4.69, 9.17) is 14.2 Å². The molecule has 23 heavy (non-hydrogen) atoms. The number of hydrogen-bond donors (Lipinski definition) is 1.